The van der Waals surface area contributed by atoms with Gasteiger partial charge in [-0.1, -0.05) is 0 Å². The number of aromatic nitrogens is 3. The van der Waals surface area contributed by atoms with Crippen LogP contribution >= 0.6 is 0 Å². The molecule has 7 nitrogen and oxygen atoms in total. The summed E-state index contributed by atoms with van der Waals surface area (Å²) in [7, 11) is 0. The Hall–Kier alpha value is -3.22. The molecule has 0 bridgehead atoms. The molecule has 3 aromatic rings. The summed E-state index contributed by atoms with van der Waals surface area (Å²) in [5.41, 5.74) is 2.53. The average molecular weight is 337 g/mol. The minimum absolute atomic E-state index is 0.154. The summed E-state index contributed by atoms with van der Waals surface area (Å²) in [6.07, 6.45) is 3.35. The van der Waals surface area contributed by atoms with Gasteiger partial charge in [0.05, 0.1) is 18.1 Å². The predicted molar refractivity (Wildman–Crippen MR) is 96.6 cm³/mol. The van der Waals surface area contributed by atoms with Crippen LogP contribution in [0.1, 0.15) is 37.2 Å². The zero-order valence-electron chi connectivity index (χ0n) is 14.3. The molecule has 0 aliphatic heterocycles. The monoisotopic (exact) mass is 337 g/mol. The van der Waals surface area contributed by atoms with E-state index in [1.54, 1.807) is 36.7 Å². The van der Waals surface area contributed by atoms with Crippen molar-refractivity contribution >= 4 is 34.2 Å². The molecule has 0 aliphatic carbocycles. The summed E-state index contributed by atoms with van der Waals surface area (Å²) in [6.45, 7) is 5.51. The number of nitrogens with zero attached hydrogens (tertiary/aromatic N) is 3. The van der Waals surface area contributed by atoms with E-state index >= 15 is 0 Å². The Morgan fingerprint density at radius 1 is 1.04 bits per heavy atom. The number of benzene rings is 1. The van der Waals surface area contributed by atoms with Crippen molar-refractivity contribution in [1.29, 1.82) is 0 Å². The van der Waals surface area contributed by atoms with Crippen molar-refractivity contribution < 1.29 is 9.59 Å². The molecule has 128 valence electrons. The van der Waals surface area contributed by atoms with Crippen molar-refractivity contribution in [3.63, 3.8) is 0 Å². The van der Waals surface area contributed by atoms with Crippen LogP contribution in [0.2, 0.25) is 0 Å². The van der Waals surface area contributed by atoms with Crippen LogP contribution in [0.25, 0.3) is 11.0 Å². The molecular weight excluding hydrogens is 318 g/mol. The van der Waals surface area contributed by atoms with E-state index in [0.717, 1.165) is 11.0 Å². The first-order valence-electron chi connectivity index (χ1n) is 7.96. The fourth-order valence-corrected chi connectivity index (χ4v) is 2.50. The molecule has 0 atom stereocenters. The van der Waals surface area contributed by atoms with Gasteiger partial charge in [-0.05, 0) is 44.2 Å². The van der Waals surface area contributed by atoms with E-state index in [0.29, 0.717) is 16.9 Å². The summed E-state index contributed by atoms with van der Waals surface area (Å²) >= 11 is 0. The van der Waals surface area contributed by atoms with Gasteiger partial charge in [0.1, 0.15) is 0 Å². The Balaban J connectivity index is 1.76. The van der Waals surface area contributed by atoms with Gasteiger partial charge in [-0.25, -0.2) is 9.67 Å². The van der Waals surface area contributed by atoms with Gasteiger partial charge in [-0.2, -0.15) is 5.10 Å². The molecule has 0 fully saturated rings. The zero-order valence-corrected chi connectivity index (χ0v) is 14.3. The molecule has 0 aliphatic rings. The summed E-state index contributed by atoms with van der Waals surface area (Å²) in [6, 6.07) is 8.74. The predicted octanol–water partition coefficient (Wildman–Crippen LogP) is 3.22. The highest BCUT2D eigenvalue weighted by atomic mass is 16.2. The van der Waals surface area contributed by atoms with Crippen LogP contribution in [0.3, 0.4) is 0 Å². The first kappa shape index (κ1) is 16.6. The molecule has 3 rings (SSSR count). The third-order valence-corrected chi connectivity index (χ3v) is 3.65. The van der Waals surface area contributed by atoms with Crippen molar-refractivity contribution in [3.8, 4) is 0 Å². The lowest BCUT2D eigenvalue weighted by molar-refractivity contribution is -0.114. The van der Waals surface area contributed by atoms with E-state index in [-0.39, 0.29) is 17.9 Å². The molecule has 2 N–H and O–H groups in total. The highest BCUT2D eigenvalue weighted by molar-refractivity contribution is 6.05. The molecule has 1 aromatic carbocycles. The number of carbonyl (C=O) groups is 2. The summed E-state index contributed by atoms with van der Waals surface area (Å²) < 4.78 is 1.84. The van der Waals surface area contributed by atoms with Gasteiger partial charge in [0, 0.05) is 29.6 Å². The third-order valence-electron chi connectivity index (χ3n) is 3.65. The molecule has 2 heterocycles. The molecule has 25 heavy (non-hydrogen) atoms. The van der Waals surface area contributed by atoms with Gasteiger partial charge in [0.15, 0.2) is 5.65 Å². The molecule has 7 heteroatoms. The van der Waals surface area contributed by atoms with E-state index in [4.69, 9.17) is 0 Å². The van der Waals surface area contributed by atoms with E-state index in [2.05, 4.69) is 20.7 Å². The van der Waals surface area contributed by atoms with Gasteiger partial charge in [-0.3, -0.25) is 9.59 Å². The normalized spacial score (nSPS) is 10.9. The minimum Gasteiger partial charge on any atom is -0.326 e. The average Bonchev–Trinajstić information content (AvgIpc) is 2.98. The number of carbonyl (C=O) groups excluding carboxylic acids is 2. The SMILES string of the molecule is CC(=O)Nc1ccc(C(=O)Nc2cnc3c(cnn3C(C)C)c2)cc1. The topological polar surface area (TPSA) is 88.9 Å². The lowest BCUT2D eigenvalue weighted by Gasteiger charge is -2.08. The third kappa shape index (κ3) is 3.65. The van der Waals surface area contributed by atoms with E-state index in [9.17, 15) is 9.59 Å². The van der Waals surface area contributed by atoms with Gasteiger partial charge in [0.2, 0.25) is 5.91 Å². The Morgan fingerprint density at radius 2 is 1.76 bits per heavy atom. The number of anilines is 2. The molecule has 2 amide bonds. The van der Waals surface area contributed by atoms with Gasteiger partial charge < -0.3 is 10.6 Å². The van der Waals surface area contributed by atoms with Crippen molar-refractivity contribution in [3.05, 3.63) is 48.3 Å². The first-order valence-corrected chi connectivity index (χ1v) is 7.96. The Kier molecular flexibility index (Phi) is 4.47. The van der Waals surface area contributed by atoms with E-state index < -0.39 is 0 Å². The maximum atomic E-state index is 12.4. The highest BCUT2D eigenvalue weighted by Crippen LogP contribution is 2.20. The maximum Gasteiger partial charge on any atom is 0.255 e. The Morgan fingerprint density at radius 3 is 2.40 bits per heavy atom. The van der Waals surface area contributed by atoms with E-state index in [1.807, 2.05) is 24.6 Å². The zero-order chi connectivity index (χ0) is 18.0. The van der Waals surface area contributed by atoms with Crippen molar-refractivity contribution in [2.75, 3.05) is 10.6 Å². The number of hydrogen-bond donors (Lipinski definition) is 2. The van der Waals surface area contributed by atoms with Crippen LogP contribution in [-0.2, 0) is 4.79 Å². The second-order valence-corrected chi connectivity index (χ2v) is 6.03. The second kappa shape index (κ2) is 6.72. The molecule has 0 saturated carbocycles. The van der Waals surface area contributed by atoms with Crippen molar-refractivity contribution in [2.24, 2.45) is 0 Å². The van der Waals surface area contributed by atoms with Crippen molar-refractivity contribution in [2.45, 2.75) is 26.8 Å². The number of pyridine rings is 1. The number of nitrogens with one attached hydrogen (secondary N) is 2. The van der Waals surface area contributed by atoms with Crippen LogP contribution in [-0.4, -0.2) is 26.6 Å². The summed E-state index contributed by atoms with van der Waals surface area (Å²) in [5, 5.41) is 10.7. The van der Waals surface area contributed by atoms with Crippen LogP contribution < -0.4 is 10.6 Å². The minimum atomic E-state index is -0.244. The largest absolute Gasteiger partial charge is 0.326 e. The number of rotatable bonds is 4. The second-order valence-electron chi connectivity index (χ2n) is 6.03. The highest BCUT2D eigenvalue weighted by Gasteiger charge is 2.10. The molecule has 0 radical (unpaired) electrons. The molecule has 0 saturated heterocycles. The van der Waals surface area contributed by atoms with Crippen LogP contribution in [0.15, 0.2) is 42.7 Å². The standard InChI is InChI=1S/C18H19N5O2/c1-11(2)23-17-14(9-20-23)8-16(10-19-17)22-18(25)13-4-6-15(7-5-13)21-12(3)24/h4-11H,1-3H3,(H,21,24)(H,22,25). The van der Waals surface area contributed by atoms with Gasteiger partial charge >= 0.3 is 0 Å². The Bertz CT molecular complexity index is 928. The summed E-state index contributed by atoms with van der Waals surface area (Å²) in [4.78, 5) is 27.8. The fraction of sp³-hybridized carbons (Fsp3) is 0.222. The molecular formula is C18H19N5O2. The Labute approximate surface area is 145 Å². The first-order chi connectivity index (χ1) is 11.9. The maximum absolute atomic E-state index is 12.4. The van der Waals surface area contributed by atoms with Gasteiger partial charge in [-0.15, -0.1) is 0 Å². The summed E-state index contributed by atoms with van der Waals surface area (Å²) in [5.74, 6) is -0.398. The van der Waals surface area contributed by atoms with Crippen LogP contribution in [0.5, 0.6) is 0 Å². The van der Waals surface area contributed by atoms with Gasteiger partial charge in [0.25, 0.3) is 5.91 Å². The molecule has 0 spiro atoms. The van der Waals surface area contributed by atoms with Crippen molar-refractivity contribution in [1.82, 2.24) is 14.8 Å². The van der Waals surface area contributed by atoms with Crippen LogP contribution in [0.4, 0.5) is 11.4 Å². The quantitative estimate of drug-likeness (QED) is 0.765. The molecule has 0 unspecified atom stereocenters. The number of amides is 2. The molecule has 2 aromatic heterocycles. The van der Waals surface area contributed by atoms with E-state index in [1.165, 1.54) is 6.92 Å². The van der Waals surface area contributed by atoms with Crippen LogP contribution in [0, 0.1) is 0 Å². The lowest BCUT2D eigenvalue weighted by Crippen LogP contribution is -2.12. The smallest absolute Gasteiger partial charge is 0.255 e. The number of hydrogen-bond acceptors (Lipinski definition) is 4. The number of fused-ring (bicyclic) bond motifs is 1. The fourth-order valence-electron chi connectivity index (χ4n) is 2.50. The lowest BCUT2D eigenvalue weighted by atomic mass is 10.2.